The lowest BCUT2D eigenvalue weighted by Crippen LogP contribution is -2.32. The standard InChI is InChI=1S/C14H16N2O5/c1-20-14(17)12(10-15-6-8-21-9-7-15)11-4-2-3-5-13(11)16(18)19/h2-5,10H,6-9H2,1H3/b12-10-. The molecular weight excluding hydrogens is 276 g/mol. The number of benzene rings is 1. The molecule has 7 nitrogen and oxygen atoms in total. The van der Waals surface area contributed by atoms with Gasteiger partial charge >= 0.3 is 5.97 Å². The van der Waals surface area contributed by atoms with E-state index in [0.29, 0.717) is 26.3 Å². The quantitative estimate of drug-likeness (QED) is 0.361. The van der Waals surface area contributed by atoms with Gasteiger partial charge < -0.3 is 14.4 Å². The number of nitro groups is 1. The molecule has 112 valence electrons. The molecule has 0 aromatic heterocycles. The van der Waals surface area contributed by atoms with Gasteiger partial charge in [-0.3, -0.25) is 10.1 Å². The Morgan fingerprint density at radius 3 is 2.67 bits per heavy atom. The largest absolute Gasteiger partial charge is 0.465 e. The van der Waals surface area contributed by atoms with Gasteiger partial charge in [-0.25, -0.2) is 4.79 Å². The molecule has 1 saturated heterocycles. The number of nitro benzene ring substituents is 1. The third-order valence-corrected chi connectivity index (χ3v) is 3.15. The molecule has 0 spiro atoms. The fraction of sp³-hybridized carbons (Fsp3) is 0.357. The predicted molar refractivity (Wildman–Crippen MR) is 75.5 cm³/mol. The van der Waals surface area contributed by atoms with Crippen LogP contribution >= 0.6 is 0 Å². The van der Waals surface area contributed by atoms with Gasteiger partial charge in [0.15, 0.2) is 0 Å². The molecule has 21 heavy (non-hydrogen) atoms. The van der Waals surface area contributed by atoms with E-state index in [4.69, 9.17) is 9.47 Å². The summed E-state index contributed by atoms with van der Waals surface area (Å²) in [5.74, 6) is -0.601. The van der Waals surface area contributed by atoms with Crippen molar-refractivity contribution < 1.29 is 19.2 Å². The highest BCUT2D eigenvalue weighted by molar-refractivity contribution is 6.17. The number of hydrogen-bond acceptors (Lipinski definition) is 6. The lowest BCUT2D eigenvalue weighted by Gasteiger charge is -2.26. The normalized spacial score (nSPS) is 15.7. The molecule has 1 aromatic rings. The van der Waals surface area contributed by atoms with E-state index >= 15 is 0 Å². The van der Waals surface area contributed by atoms with Gasteiger partial charge in [0.05, 0.1) is 36.4 Å². The number of carbonyl (C=O) groups is 1. The van der Waals surface area contributed by atoms with Crippen molar-refractivity contribution in [2.75, 3.05) is 33.4 Å². The van der Waals surface area contributed by atoms with Crippen molar-refractivity contribution in [2.45, 2.75) is 0 Å². The molecular formula is C14H16N2O5. The first-order valence-electron chi connectivity index (χ1n) is 6.49. The summed E-state index contributed by atoms with van der Waals surface area (Å²) in [6.07, 6.45) is 1.61. The van der Waals surface area contributed by atoms with Gasteiger partial charge in [-0.2, -0.15) is 0 Å². The fourth-order valence-corrected chi connectivity index (χ4v) is 2.09. The van der Waals surface area contributed by atoms with Gasteiger partial charge in [0.2, 0.25) is 0 Å². The summed E-state index contributed by atoms with van der Waals surface area (Å²) >= 11 is 0. The Kier molecular flexibility index (Phi) is 4.89. The molecule has 7 heteroatoms. The monoisotopic (exact) mass is 292 g/mol. The zero-order valence-corrected chi connectivity index (χ0v) is 11.7. The van der Waals surface area contributed by atoms with E-state index in [9.17, 15) is 14.9 Å². The van der Waals surface area contributed by atoms with Crippen molar-refractivity contribution in [2.24, 2.45) is 0 Å². The Morgan fingerprint density at radius 1 is 1.38 bits per heavy atom. The van der Waals surface area contributed by atoms with Crippen LogP contribution in [0.25, 0.3) is 5.57 Å². The van der Waals surface area contributed by atoms with Crippen LogP contribution in [0.15, 0.2) is 30.5 Å². The molecule has 0 unspecified atom stereocenters. The average Bonchev–Trinajstić information content (AvgIpc) is 2.53. The second-order valence-corrected chi connectivity index (χ2v) is 4.46. The summed E-state index contributed by atoms with van der Waals surface area (Å²) in [4.78, 5) is 24.5. The van der Waals surface area contributed by atoms with Crippen LogP contribution < -0.4 is 0 Å². The summed E-state index contributed by atoms with van der Waals surface area (Å²) in [6.45, 7) is 2.37. The smallest absolute Gasteiger partial charge is 0.340 e. The van der Waals surface area contributed by atoms with Gasteiger partial charge in [-0.15, -0.1) is 0 Å². The van der Waals surface area contributed by atoms with Crippen molar-refractivity contribution >= 4 is 17.2 Å². The molecule has 1 heterocycles. The van der Waals surface area contributed by atoms with Crippen LogP contribution in [-0.2, 0) is 14.3 Å². The Bertz CT molecular complexity index is 564. The first kappa shape index (κ1) is 15.0. The lowest BCUT2D eigenvalue weighted by molar-refractivity contribution is -0.385. The Morgan fingerprint density at radius 2 is 2.05 bits per heavy atom. The molecule has 0 aliphatic carbocycles. The third kappa shape index (κ3) is 3.57. The summed E-state index contributed by atoms with van der Waals surface area (Å²) in [5.41, 5.74) is 0.301. The van der Waals surface area contributed by atoms with E-state index in [2.05, 4.69) is 0 Å². The summed E-state index contributed by atoms with van der Waals surface area (Å²) in [6, 6.07) is 6.12. The van der Waals surface area contributed by atoms with Crippen molar-refractivity contribution in [1.82, 2.24) is 4.90 Å². The number of ether oxygens (including phenoxy) is 2. The second kappa shape index (κ2) is 6.85. The van der Waals surface area contributed by atoms with Crippen LogP contribution in [0.1, 0.15) is 5.56 Å². The SMILES string of the molecule is COC(=O)/C(=C\N1CCOCC1)c1ccccc1[N+](=O)[O-]. The Hall–Kier alpha value is -2.41. The minimum Gasteiger partial charge on any atom is -0.465 e. The number of hydrogen-bond donors (Lipinski definition) is 0. The number of rotatable bonds is 4. The highest BCUT2D eigenvalue weighted by Crippen LogP contribution is 2.27. The van der Waals surface area contributed by atoms with Gasteiger partial charge in [0, 0.05) is 25.4 Å². The maximum Gasteiger partial charge on any atom is 0.340 e. The van der Waals surface area contributed by atoms with Crippen LogP contribution in [0.3, 0.4) is 0 Å². The van der Waals surface area contributed by atoms with Crippen molar-refractivity contribution in [1.29, 1.82) is 0 Å². The zero-order chi connectivity index (χ0) is 15.2. The number of morpholine rings is 1. The van der Waals surface area contributed by atoms with Crippen molar-refractivity contribution in [3.63, 3.8) is 0 Å². The molecule has 0 amide bonds. The van der Waals surface area contributed by atoms with Crippen LogP contribution in [-0.4, -0.2) is 49.2 Å². The van der Waals surface area contributed by atoms with Crippen LogP contribution in [0.2, 0.25) is 0 Å². The van der Waals surface area contributed by atoms with Crippen LogP contribution in [0.4, 0.5) is 5.69 Å². The predicted octanol–water partition coefficient (Wildman–Crippen LogP) is 1.44. The first-order valence-corrected chi connectivity index (χ1v) is 6.49. The lowest BCUT2D eigenvalue weighted by atomic mass is 10.0. The van der Waals surface area contributed by atoms with E-state index in [1.807, 2.05) is 4.90 Å². The highest BCUT2D eigenvalue weighted by Gasteiger charge is 2.23. The summed E-state index contributed by atoms with van der Waals surface area (Å²) < 4.78 is 10.00. The third-order valence-electron chi connectivity index (χ3n) is 3.15. The van der Waals surface area contributed by atoms with E-state index in [1.165, 1.54) is 13.2 Å². The maximum absolute atomic E-state index is 12.0. The van der Waals surface area contributed by atoms with E-state index in [0.717, 1.165) is 0 Å². The number of para-hydroxylation sites is 1. The number of nitrogens with zero attached hydrogens (tertiary/aromatic N) is 2. The topological polar surface area (TPSA) is 81.9 Å². The van der Waals surface area contributed by atoms with E-state index < -0.39 is 10.9 Å². The first-order chi connectivity index (χ1) is 10.1. The zero-order valence-electron chi connectivity index (χ0n) is 11.7. The fourth-order valence-electron chi connectivity index (χ4n) is 2.09. The summed E-state index contributed by atoms with van der Waals surface area (Å²) in [7, 11) is 1.25. The molecule has 0 saturated carbocycles. The van der Waals surface area contributed by atoms with Gasteiger partial charge in [-0.1, -0.05) is 12.1 Å². The van der Waals surface area contributed by atoms with Gasteiger partial charge in [-0.05, 0) is 6.07 Å². The van der Waals surface area contributed by atoms with Gasteiger partial charge in [0.25, 0.3) is 5.69 Å². The minimum atomic E-state index is -0.601. The van der Waals surface area contributed by atoms with Crippen LogP contribution in [0.5, 0.6) is 0 Å². The molecule has 1 fully saturated rings. The Balaban J connectivity index is 2.43. The number of methoxy groups -OCH3 is 1. The van der Waals surface area contributed by atoms with Crippen molar-refractivity contribution in [3.05, 3.63) is 46.1 Å². The molecule has 0 N–H and O–H groups in total. The van der Waals surface area contributed by atoms with E-state index in [-0.39, 0.29) is 16.8 Å². The molecule has 0 atom stereocenters. The molecule has 1 aliphatic rings. The van der Waals surface area contributed by atoms with Crippen molar-refractivity contribution in [3.8, 4) is 0 Å². The second-order valence-electron chi connectivity index (χ2n) is 4.46. The maximum atomic E-state index is 12.0. The highest BCUT2D eigenvalue weighted by atomic mass is 16.6. The number of esters is 1. The molecule has 1 aliphatic heterocycles. The molecule has 0 bridgehead atoms. The summed E-state index contributed by atoms with van der Waals surface area (Å²) in [5, 5.41) is 11.1. The van der Waals surface area contributed by atoms with Crippen LogP contribution in [0, 0.1) is 10.1 Å². The molecule has 2 rings (SSSR count). The molecule has 1 aromatic carbocycles. The Labute approximate surface area is 121 Å². The molecule has 0 radical (unpaired) electrons. The van der Waals surface area contributed by atoms with E-state index in [1.54, 1.807) is 24.4 Å². The number of carbonyl (C=O) groups excluding carboxylic acids is 1. The average molecular weight is 292 g/mol. The van der Waals surface area contributed by atoms with Gasteiger partial charge in [0.1, 0.15) is 0 Å². The minimum absolute atomic E-state index is 0.123.